The molecule has 1 aliphatic heterocycles. The number of benzene rings is 2. The highest BCUT2D eigenvalue weighted by Crippen LogP contribution is 2.26. The molecule has 160 valence electrons. The molecule has 0 unspecified atom stereocenters. The molecule has 0 radical (unpaired) electrons. The molecule has 0 aliphatic carbocycles. The number of morpholine rings is 1. The summed E-state index contributed by atoms with van der Waals surface area (Å²) in [4.78, 5) is 19.8. The number of aromatic nitrogens is 1. The number of rotatable bonds is 8. The fraction of sp³-hybridized carbons (Fsp3) is 0.280. The molecule has 0 amide bonds. The van der Waals surface area contributed by atoms with E-state index in [2.05, 4.69) is 11.0 Å². The molecule has 0 saturated carbocycles. The van der Waals surface area contributed by atoms with Gasteiger partial charge in [-0.05, 0) is 48.6 Å². The van der Waals surface area contributed by atoms with Crippen LogP contribution in [0.4, 0.5) is 5.82 Å². The maximum Gasteiger partial charge on any atom is 0.185 e. The first kappa shape index (κ1) is 21.0. The lowest BCUT2D eigenvalue weighted by molar-refractivity contribution is 0.104. The van der Waals surface area contributed by atoms with Gasteiger partial charge < -0.3 is 19.1 Å². The number of para-hydroxylation sites is 1. The van der Waals surface area contributed by atoms with Crippen molar-refractivity contribution in [2.45, 2.75) is 0 Å². The first-order valence-corrected chi connectivity index (χ1v) is 10.4. The summed E-state index contributed by atoms with van der Waals surface area (Å²) in [5.74, 6) is 1.53. The third kappa shape index (κ3) is 5.29. The smallest absolute Gasteiger partial charge is 0.185 e. The normalized spacial score (nSPS) is 14.3. The number of allylic oxidation sites excluding steroid dienone is 1. The van der Waals surface area contributed by atoms with Gasteiger partial charge >= 0.3 is 0 Å². The Kier molecular flexibility index (Phi) is 6.92. The molecule has 4 rings (SSSR count). The molecule has 1 aromatic heterocycles. The average Bonchev–Trinajstić information content (AvgIpc) is 2.83. The molecular weight excluding hydrogens is 392 g/mol. The summed E-state index contributed by atoms with van der Waals surface area (Å²) in [5, 5.41) is 1.05. The summed E-state index contributed by atoms with van der Waals surface area (Å²) in [6.07, 6.45) is 3.46. The largest absolute Gasteiger partial charge is 0.491 e. The molecule has 6 heteroatoms. The van der Waals surface area contributed by atoms with E-state index in [0.717, 1.165) is 35.4 Å². The van der Waals surface area contributed by atoms with Crippen molar-refractivity contribution in [2.24, 2.45) is 0 Å². The van der Waals surface area contributed by atoms with Gasteiger partial charge in [-0.25, -0.2) is 4.98 Å². The zero-order valence-corrected chi connectivity index (χ0v) is 17.6. The Morgan fingerprint density at radius 2 is 1.87 bits per heavy atom. The lowest BCUT2D eigenvalue weighted by Gasteiger charge is -2.29. The van der Waals surface area contributed by atoms with Gasteiger partial charge in [0.05, 0.1) is 25.3 Å². The third-order valence-corrected chi connectivity index (χ3v) is 5.15. The van der Waals surface area contributed by atoms with E-state index in [1.165, 1.54) is 0 Å². The number of nitrogens with zero attached hydrogens (tertiary/aromatic N) is 2. The van der Waals surface area contributed by atoms with E-state index in [1.807, 2.05) is 30.3 Å². The number of carbonyl (C=O) groups excluding carboxylic acids is 1. The molecule has 6 nitrogen and oxygen atoms in total. The predicted molar refractivity (Wildman–Crippen MR) is 122 cm³/mol. The number of ketones is 1. The number of anilines is 1. The molecule has 2 heterocycles. The second-order valence-electron chi connectivity index (χ2n) is 7.26. The van der Waals surface area contributed by atoms with E-state index in [0.29, 0.717) is 37.7 Å². The van der Waals surface area contributed by atoms with Crippen molar-refractivity contribution in [3.8, 4) is 5.75 Å². The van der Waals surface area contributed by atoms with Crippen LogP contribution in [0.2, 0.25) is 0 Å². The Morgan fingerprint density at radius 1 is 1.10 bits per heavy atom. The lowest BCUT2D eigenvalue weighted by Crippen LogP contribution is -2.37. The second kappa shape index (κ2) is 10.2. The standard InChI is InChI=1S/C25H26N2O4/c1-29-16-17-31-22-9-6-19(7-10-22)24(28)11-8-21-18-20-4-2-3-5-23(20)26-25(21)27-12-14-30-15-13-27/h2-11,18H,12-17H2,1H3. The summed E-state index contributed by atoms with van der Waals surface area (Å²) in [6.45, 7) is 3.91. The number of ether oxygens (including phenoxy) is 3. The highest BCUT2D eigenvalue weighted by Gasteiger charge is 2.16. The van der Waals surface area contributed by atoms with E-state index in [-0.39, 0.29) is 5.78 Å². The SMILES string of the molecule is COCCOc1ccc(C(=O)C=Cc2cc3ccccc3nc2N2CCOCC2)cc1. The molecule has 0 atom stereocenters. The van der Waals surface area contributed by atoms with Crippen LogP contribution in [0.3, 0.4) is 0 Å². The van der Waals surface area contributed by atoms with Crippen LogP contribution in [-0.2, 0) is 9.47 Å². The van der Waals surface area contributed by atoms with Gasteiger partial charge in [-0.2, -0.15) is 0 Å². The fourth-order valence-corrected chi connectivity index (χ4v) is 3.49. The fourth-order valence-electron chi connectivity index (χ4n) is 3.49. The Hall–Kier alpha value is -3.22. The van der Waals surface area contributed by atoms with Crippen LogP contribution in [0.1, 0.15) is 15.9 Å². The van der Waals surface area contributed by atoms with Crippen LogP contribution in [0.15, 0.2) is 60.7 Å². The molecule has 1 fully saturated rings. The topological polar surface area (TPSA) is 60.9 Å². The van der Waals surface area contributed by atoms with Gasteiger partial charge in [-0.15, -0.1) is 0 Å². The molecule has 0 spiro atoms. The van der Waals surface area contributed by atoms with Gasteiger partial charge in [0.15, 0.2) is 5.78 Å². The van der Waals surface area contributed by atoms with Crippen LogP contribution in [0, 0.1) is 0 Å². The molecule has 3 aromatic rings. The summed E-state index contributed by atoms with van der Waals surface area (Å²) in [7, 11) is 1.63. The van der Waals surface area contributed by atoms with Crippen LogP contribution in [0.25, 0.3) is 17.0 Å². The molecular formula is C25H26N2O4. The van der Waals surface area contributed by atoms with Crippen LogP contribution in [0.5, 0.6) is 5.75 Å². The van der Waals surface area contributed by atoms with Crippen molar-refractivity contribution in [3.63, 3.8) is 0 Å². The molecule has 0 bridgehead atoms. The average molecular weight is 418 g/mol. The van der Waals surface area contributed by atoms with E-state index >= 15 is 0 Å². The van der Waals surface area contributed by atoms with Crippen molar-refractivity contribution in [2.75, 3.05) is 51.5 Å². The van der Waals surface area contributed by atoms with E-state index in [1.54, 1.807) is 37.5 Å². The van der Waals surface area contributed by atoms with Crippen molar-refractivity contribution >= 4 is 28.6 Å². The van der Waals surface area contributed by atoms with Gasteiger partial charge in [0.2, 0.25) is 0 Å². The van der Waals surface area contributed by atoms with Crippen molar-refractivity contribution in [3.05, 3.63) is 71.8 Å². The Labute approximate surface area is 182 Å². The van der Waals surface area contributed by atoms with Crippen LogP contribution < -0.4 is 9.64 Å². The van der Waals surface area contributed by atoms with Crippen molar-refractivity contribution < 1.29 is 19.0 Å². The zero-order valence-electron chi connectivity index (χ0n) is 17.6. The summed E-state index contributed by atoms with van der Waals surface area (Å²) >= 11 is 0. The number of pyridine rings is 1. The summed E-state index contributed by atoms with van der Waals surface area (Å²) < 4.78 is 16.0. The van der Waals surface area contributed by atoms with Gasteiger partial charge in [-0.1, -0.05) is 18.2 Å². The Bertz CT molecular complexity index is 1060. The monoisotopic (exact) mass is 418 g/mol. The maximum atomic E-state index is 12.7. The Morgan fingerprint density at radius 3 is 2.65 bits per heavy atom. The molecule has 0 N–H and O–H groups in total. The lowest BCUT2D eigenvalue weighted by atomic mass is 10.1. The first-order valence-electron chi connectivity index (χ1n) is 10.4. The highest BCUT2D eigenvalue weighted by molar-refractivity contribution is 6.07. The van der Waals surface area contributed by atoms with Crippen LogP contribution in [-0.4, -0.2) is 57.4 Å². The predicted octanol–water partition coefficient (Wildman–Crippen LogP) is 3.99. The zero-order chi connectivity index (χ0) is 21.5. The maximum absolute atomic E-state index is 12.7. The van der Waals surface area contributed by atoms with Gasteiger partial charge in [0.1, 0.15) is 18.2 Å². The van der Waals surface area contributed by atoms with E-state index < -0.39 is 0 Å². The minimum absolute atomic E-state index is 0.0653. The molecule has 2 aromatic carbocycles. The van der Waals surface area contributed by atoms with E-state index in [9.17, 15) is 4.79 Å². The van der Waals surface area contributed by atoms with Crippen molar-refractivity contribution in [1.29, 1.82) is 0 Å². The number of fused-ring (bicyclic) bond motifs is 1. The number of carbonyl (C=O) groups is 1. The Balaban J connectivity index is 1.55. The first-order chi connectivity index (χ1) is 15.2. The number of hydrogen-bond acceptors (Lipinski definition) is 6. The molecule has 31 heavy (non-hydrogen) atoms. The van der Waals surface area contributed by atoms with Crippen molar-refractivity contribution in [1.82, 2.24) is 4.98 Å². The molecule has 1 aliphatic rings. The minimum atomic E-state index is -0.0653. The number of methoxy groups -OCH3 is 1. The summed E-state index contributed by atoms with van der Waals surface area (Å²) in [5.41, 5.74) is 2.47. The number of hydrogen-bond donors (Lipinski definition) is 0. The molecule has 1 saturated heterocycles. The van der Waals surface area contributed by atoms with Gasteiger partial charge in [0.25, 0.3) is 0 Å². The summed E-state index contributed by atoms with van der Waals surface area (Å²) in [6, 6.07) is 17.3. The van der Waals surface area contributed by atoms with Crippen LogP contribution >= 0.6 is 0 Å². The minimum Gasteiger partial charge on any atom is -0.491 e. The van der Waals surface area contributed by atoms with Gasteiger partial charge in [-0.3, -0.25) is 4.79 Å². The quantitative estimate of drug-likeness (QED) is 0.313. The third-order valence-electron chi connectivity index (χ3n) is 5.15. The highest BCUT2D eigenvalue weighted by atomic mass is 16.5. The van der Waals surface area contributed by atoms with Gasteiger partial charge in [0, 0.05) is 36.7 Å². The second-order valence-corrected chi connectivity index (χ2v) is 7.26. The van der Waals surface area contributed by atoms with E-state index in [4.69, 9.17) is 19.2 Å².